The number of fused-ring (bicyclic) bond motifs is 1. The summed E-state index contributed by atoms with van der Waals surface area (Å²) in [5.41, 5.74) is -0.172. The Kier molecular flexibility index (Phi) is 5.06. The number of ether oxygens (including phenoxy) is 2. The van der Waals surface area contributed by atoms with E-state index in [0.717, 1.165) is 5.69 Å². The Morgan fingerprint density at radius 2 is 1.90 bits per heavy atom. The number of amides is 1. The molecule has 2 atom stereocenters. The molecule has 162 valence electrons. The lowest BCUT2D eigenvalue weighted by atomic mass is 10.1. The second-order valence-corrected chi connectivity index (χ2v) is 8.99. The first-order valence-corrected chi connectivity index (χ1v) is 10.9. The molecule has 1 amide bonds. The van der Waals surface area contributed by atoms with Crippen LogP contribution in [0.2, 0.25) is 0 Å². The molecule has 9 nitrogen and oxygen atoms in total. The van der Waals surface area contributed by atoms with Crippen molar-refractivity contribution >= 4 is 26.8 Å². The number of rotatable bonds is 6. The van der Waals surface area contributed by atoms with Gasteiger partial charge in [-0.15, -0.1) is 0 Å². The van der Waals surface area contributed by atoms with Crippen LogP contribution in [-0.2, 0) is 14.8 Å². The summed E-state index contributed by atoms with van der Waals surface area (Å²) >= 11 is 0. The van der Waals surface area contributed by atoms with Gasteiger partial charge in [0, 0.05) is 28.6 Å². The zero-order valence-corrected chi connectivity index (χ0v) is 17.9. The fraction of sp³-hybridized carbons (Fsp3) is 0.286. The van der Waals surface area contributed by atoms with E-state index in [0.29, 0.717) is 22.3 Å². The highest BCUT2D eigenvalue weighted by atomic mass is 32.2. The van der Waals surface area contributed by atoms with Gasteiger partial charge < -0.3 is 14.6 Å². The van der Waals surface area contributed by atoms with E-state index in [4.69, 9.17) is 9.47 Å². The van der Waals surface area contributed by atoms with Crippen LogP contribution < -0.4 is 14.2 Å². The highest BCUT2D eigenvalue weighted by molar-refractivity contribution is 7.90. The third-order valence-electron chi connectivity index (χ3n) is 5.31. The van der Waals surface area contributed by atoms with Crippen molar-refractivity contribution in [3.8, 4) is 11.8 Å². The van der Waals surface area contributed by atoms with Crippen LogP contribution in [0.3, 0.4) is 0 Å². The number of hydrogen-bond donors (Lipinski definition) is 2. The minimum atomic E-state index is -4.24. The normalized spacial score (nSPS) is 20.3. The fourth-order valence-electron chi connectivity index (χ4n) is 3.58. The van der Waals surface area contributed by atoms with Crippen LogP contribution in [0.4, 0.5) is 0 Å². The van der Waals surface area contributed by atoms with E-state index in [1.807, 2.05) is 4.72 Å². The number of carbonyl (C=O) groups excluding carboxylic acids is 1. The Hall–Kier alpha value is -3.24. The highest BCUT2D eigenvalue weighted by Crippen LogP contribution is 2.54. The fourth-order valence-corrected chi connectivity index (χ4v) is 4.83. The lowest BCUT2D eigenvalue weighted by Crippen LogP contribution is -2.41. The van der Waals surface area contributed by atoms with E-state index in [1.54, 1.807) is 43.3 Å². The Labute approximate surface area is 179 Å². The van der Waals surface area contributed by atoms with Crippen molar-refractivity contribution < 1.29 is 27.8 Å². The van der Waals surface area contributed by atoms with Gasteiger partial charge in [-0.05, 0) is 43.7 Å². The Morgan fingerprint density at radius 1 is 1.13 bits per heavy atom. The SMILES string of the molecule is COc1ccc([C@@H]2C[C@@]2(O)C(=O)NS(=O)(=O)c2cccc3nc(C)ccc23)c(OC)n1. The maximum absolute atomic E-state index is 12.9. The molecule has 0 unspecified atom stereocenters. The number of aliphatic hydroxyl groups is 1. The summed E-state index contributed by atoms with van der Waals surface area (Å²) in [6.07, 6.45) is 0.0367. The summed E-state index contributed by atoms with van der Waals surface area (Å²) in [5, 5.41) is 11.2. The summed E-state index contributed by atoms with van der Waals surface area (Å²) < 4.78 is 38.2. The van der Waals surface area contributed by atoms with Gasteiger partial charge in [0.15, 0.2) is 5.60 Å². The van der Waals surface area contributed by atoms with Gasteiger partial charge in [-0.25, -0.2) is 13.1 Å². The molecule has 1 fully saturated rings. The molecular weight excluding hydrogens is 422 g/mol. The highest BCUT2D eigenvalue weighted by Gasteiger charge is 2.61. The summed E-state index contributed by atoms with van der Waals surface area (Å²) in [6.45, 7) is 1.80. The molecule has 1 saturated carbocycles. The topological polar surface area (TPSA) is 128 Å². The van der Waals surface area contributed by atoms with Crippen molar-refractivity contribution in [2.75, 3.05) is 14.2 Å². The van der Waals surface area contributed by atoms with E-state index in [9.17, 15) is 18.3 Å². The van der Waals surface area contributed by atoms with Gasteiger partial charge in [0.25, 0.3) is 15.9 Å². The van der Waals surface area contributed by atoms with Gasteiger partial charge in [0.2, 0.25) is 11.8 Å². The summed E-state index contributed by atoms with van der Waals surface area (Å²) in [7, 11) is -1.37. The molecule has 2 aromatic heterocycles. The van der Waals surface area contributed by atoms with Crippen molar-refractivity contribution in [1.82, 2.24) is 14.7 Å². The Bertz CT molecular complexity index is 1290. The number of benzene rings is 1. The monoisotopic (exact) mass is 443 g/mol. The smallest absolute Gasteiger partial charge is 0.266 e. The van der Waals surface area contributed by atoms with E-state index in [1.165, 1.54) is 20.3 Å². The number of nitrogens with zero attached hydrogens (tertiary/aromatic N) is 2. The molecule has 10 heteroatoms. The molecule has 3 aromatic rings. The van der Waals surface area contributed by atoms with Gasteiger partial charge in [0.1, 0.15) is 0 Å². The first-order chi connectivity index (χ1) is 14.7. The number of nitrogens with one attached hydrogen (secondary N) is 1. The lowest BCUT2D eigenvalue weighted by molar-refractivity contribution is -0.129. The molecule has 1 aromatic carbocycles. The molecule has 1 aliphatic carbocycles. The third kappa shape index (κ3) is 3.68. The summed E-state index contributed by atoms with van der Waals surface area (Å²) in [5.74, 6) is -1.15. The van der Waals surface area contributed by atoms with Gasteiger partial charge in [-0.2, -0.15) is 4.98 Å². The molecule has 0 radical (unpaired) electrons. The zero-order chi connectivity index (χ0) is 22.4. The van der Waals surface area contributed by atoms with Gasteiger partial charge in [0.05, 0.1) is 24.6 Å². The first-order valence-electron chi connectivity index (χ1n) is 9.44. The Morgan fingerprint density at radius 3 is 2.61 bits per heavy atom. The average molecular weight is 443 g/mol. The molecule has 2 N–H and O–H groups in total. The number of methoxy groups -OCH3 is 2. The van der Waals surface area contributed by atoms with Crippen LogP contribution in [0.15, 0.2) is 47.4 Å². The number of aromatic nitrogens is 2. The van der Waals surface area contributed by atoms with Crippen molar-refractivity contribution in [1.29, 1.82) is 0 Å². The largest absolute Gasteiger partial charge is 0.481 e. The van der Waals surface area contributed by atoms with Gasteiger partial charge in [-0.1, -0.05) is 6.07 Å². The Balaban J connectivity index is 1.61. The average Bonchev–Trinajstić information content (AvgIpc) is 3.45. The van der Waals surface area contributed by atoms with Crippen LogP contribution >= 0.6 is 0 Å². The molecule has 0 aliphatic heterocycles. The predicted molar refractivity (Wildman–Crippen MR) is 111 cm³/mol. The maximum Gasteiger partial charge on any atom is 0.266 e. The third-order valence-corrected chi connectivity index (χ3v) is 6.70. The molecular formula is C21H21N3O6S. The van der Waals surface area contributed by atoms with Crippen LogP contribution in [-0.4, -0.2) is 49.2 Å². The quantitative estimate of drug-likeness (QED) is 0.589. The van der Waals surface area contributed by atoms with Crippen molar-refractivity contribution in [2.45, 2.75) is 29.8 Å². The minimum Gasteiger partial charge on any atom is -0.481 e. The van der Waals surface area contributed by atoms with E-state index < -0.39 is 27.4 Å². The van der Waals surface area contributed by atoms with Gasteiger partial charge >= 0.3 is 0 Å². The van der Waals surface area contributed by atoms with Crippen LogP contribution in [0.5, 0.6) is 11.8 Å². The van der Waals surface area contributed by atoms with E-state index >= 15 is 0 Å². The summed E-state index contributed by atoms with van der Waals surface area (Å²) in [4.78, 5) is 21.1. The minimum absolute atomic E-state index is 0.0367. The standard InChI is InChI=1S/C21H21N3O6S/c1-12-7-8-14-16(22-12)5-4-6-17(14)31(27,28)24-20(25)21(26)11-15(21)13-9-10-18(29-2)23-19(13)30-3/h4-10,15,26H,11H2,1-3H3,(H,24,25)/t15-,21-/m0/s1. The lowest BCUT2D eigenvalue weighted by Gasteiger charge is -2.14. The van der Waals surface area contributed by atoms with Crippen molar-refractivity contribution in [3.63, 3.8) is 0 Å². The number of aryl methyl sites for hydroxylation is 1. The summed E-state index contributed by atoms with van der Waals surface area (Å²) in [6, 6.07) is 11.2. The number of hydrogen-bond acceptors (Lipinski definition) is 8. The molecule has 31 heavy (non-hydrogen) atoms. The van der Waals surface area contributed by atoms with Crippen LogP contribution in [0, 0.1) is 6.92 Å². The molecule has 0 spiro atoms. The molecule has 0 bridgehead atoms. The van der Waals surface area contributed by atoms with Crippen LogP contribution in [0.25, 0.3) is 10.9 Å². The number of carbonyl (C=O) groups is 1. The predicted octanol–water partition coefficient (Wildman–Crippen LogP) is 1.68. The molecule has 2 heterocycles. The van der Waals surface area contributed by atoms with Crippen molar-refractivity contribution in [2.24, 2.45) is 0 Å². The molecule has 4 rings (SSSR count). The zero-order valence-electron chi connectivity index (χ0n) is 17.1. The number of pyridine rings is 2. The molecule has 0 saturated heterocycles. The van der Waals surface area contributed by atoms with Gasteiger partial charge in [-0.3, -0.25) is 9.78 Å². The molecule has 1 aliphatic rings. The second kappa shape index (κ2) is 7.47. The van der Waals surface area contributed by atoms with E-state index in [2.05, 4.69) is 9.97 Å². The van der Waals surface area contributed by atoms with Crippen molar-refractivity contribution in [3.05, 3.63) is 53.7 Å². The maximum atomic E-state index is 12.9. The second-order valence-electron chi connectivity index (χ2n) is 7.34. The first kappa shape index (κ1) is 21.0. The van der Waals surface area contributed by atoms with E-state index in [-0.39, 0.29) is 17.2 Å². The number of sulfonamides is 1. The van der Waals surface area contributed by atoms with Crippen LogP contribution in [0.1, 0.15) is 23.6 Å².